The van der Waals surface area contributed by atoms with Crippen molar-refractivity contribution < 1.29 is 0 Å². The first-order valence-corrected chi connectivity index (χ1v) is 8.30. The second-order valence-corrected chi connectivity index (χ2v) is 6.54. The van der Waals surface area contributed by atoms with E-state index in [0.717, 1.165) is 18.1 Å². The van der Waals surface area contributed by atoms with Gasteiger partial charge in [0.1, 0.15) is 0 Å². The quantitative estimate of drug-likeness (QED) is 0.753. The van der Waals surface area contributed by atoms with Crippen molar-refractivity contribution in [3.05, 3.63) is 75.8 Å². The van der Waals surface area contributed by atoms with Crippen molar-refractivity contribution in [2.24, 2.45) is 0 Å². The van der Waals surface area contributed by atoms with Crippen LogP contribution in [0.15, 0.2) is 48.5 Å². The number of benzene rings is 2. The maximum absolute atomic E-state index is 5.89. The summed E-state index contributed by atoms with van der Waals surface area (Å²) in [5.41, 5.74) is 5.72. The summed E-state index contributed by atoms with van der Waals surface area (Å²) in [4.78, 5) is 2.34. The highest BCUT2D eigenvalue weighted by molar-refractivity contribution is 6.30. The number of hydrogen-bond donors (Lipinski definition) is 0. The van der Waals surface area contributed by atoms with E-state index in [2.05, 4.69) is 42.3 Å². The maximum Gasteiger partial charge on any atom is 0.0406 e. The second-order valence-electron chi connectivity index (χ2n) is 6.11. The van der Waals surface area contributed by atoms with Gasteiger partial charge in [-0.05, 0) is 60.7 Å². The Morgan fingerprint density at radius 2 is 1.82 bits per heavy atom. The summed E-state index contributed by atoms with van der Waals surface area (Å²) in [7, 11) is 2.17. The molecule has 1 nitrogen and oxygen atoms in total. The van der Waals surface area contributed by atoms with Crippen molar-refractivity contribution in [3.8, 4) is 0 Å². The van der Waals surface area contributed by atoms with Gasteiger partial charge >= 0.3 is 0 Å². The van der Waals surface area contributed by atoms with E-state index < -0.39 is 0 Å². The van der Waals surface area contributed by atoms with Gasteiger partial charge in [0.15, 0.2) is 0 Å². The van der Waals surface area contributed by atoms with Crippen LogP contribution in [0.5, 0.6) is 0 Å². The Kier molecular flexibility index (Phi) is 4.97. The summed E-state index contributed by atoms with van der Waals surface area (Å²) in [5.74, 6) is 0. The SMILES string of the molecule is CN(C/C=C/c1ccc(Cl)cc1)Cc1ccc2c(c1)CCC2. The van der Waals surface area contributed by atoms with Gasteiger partial charge in [-0.25, -0.2) is 0 Å². The topological polar surface area (TPSA) is 3.24 Å². The maximum atomic E-state index is 5.89. The third-order valence-corrected chi connectivity index (χ3v) is 4.46. The van der Waals surface area contributed by atoms with Gasteiger partial charge in [-0.3, -0.25) is 4.90 Å². The van der Waals surface area contributed by atoms with Gasteiger partial charge in [-0.15, -0.1) is 0 Å². The molecule has 0 unspecified atom stereocenters. The highest BCUT2D eigenvalue weighted by atomic mass is 35.5. The standard InChI is InChI=1S/C20H22ClN/c1-22(13-3-4-16-8-11-20(21)12-9-16)15-17-7-10-18-5-2-6-19(18)14-17/h3-4,7-12,14H,2,5-6,13,15H2,1H3/b4-3+. The predicted molar refractivity (Wildman–Crippen MR) is 95.3 cm³/mol. The van der Waals surface area contributed by atoms with Crippen LogP contribution in [0.3, 0.4) is 0 Å². The lowest BCUT2D eigenvalue weighted by atomic mass is 10.1. The second kappa shape index (κ2) is 7.13. The van der Waals surface area contributed by atoms with E-state index in [1.807, 2.05) is 24.3 Å². The van der Waals surface area contributed by atoms with Crippen LogP contribution in [0.1, 0.15) is 28.7 Å². The first-order chi connectivity index (χ1) is 10.7. The third-order valence-electron chi connectivity index (χ3n) is 4.21. The lowest BCUT2D eigenvalue weighted by Gasteiger charge is -2.15. The number of fused-ring (bicyclic) bond motifs is 1. The minimum atomic E-state index is 0.783. The van der Waals surface area contributed by atoms with E-state index in [1.165, 1.54) is 30.4 Å². The molecule has 22 heavy (non-hydrogen) atoms. The summed E-state index contributed by atoms with van der Waals surface area (Å²) < 4.78 is 0. The van der Waals surface area contributed by atoms with Gasteiger partial charge in [0.2, 0.25) is 0 Å². The van der Waals surface area contributed by atoms with Gasteiger partial charge in [0.05, 0.1) is 0 Å². The average molecular weight is 312 g/mol. The fraction of sp³-hybridized carbons (Fsp3) is 0.300. The highest BCUT2D eigenvalue weighted by Crippen LogP contribution is 2.23. The molecule has 114 valence electrons. The first-order valence-electron chi connectivity index (χ1n) is 7.92. The van der Waals surface area contributed by atoms with Crippen LogP contribution in [0.2, 0.25) is 5.02 Å². The number of hydrogen-bond acceptors (Lipinski definition) is 1. The molecule has 0 aliphatic heterocycles. The van der Waals surface area contributed by atoms with E-state index >= 15 is 0 Å². The summed E-state index contributed by atoms with van der Waals surface area (Å²) in [6.45, 7) is 1.94. The highest BCUT2D eigenvalue weighted by Gasteiger charge is 2.11. The van der Waals surface area contributed by atoms with Crippen molar-refractivity contribution in [2.45, 2.75) is 25.8 Å². The number of aryl methyl sites for hydroxylation is 2. The lowest BCUT2D eigenvalue weighted by Crippen LogP contribution is -2.17. The molecule has 1 aliphatic carbocycles. The van der Waals surface area contributed by atoms with Crippen molar-refractivity contribution in [1.29, 1.82) is 0 Å². The molecule has 0 heterocycles. The molecule has 2 heteroatoms. The lowest BCUT2D eigenvalue weighted by molar-refractivity contribution is 0.364. The molecular weight excluding hydrogens is 290 g/mol. The summed E-state index contributed by atoms with van der Waals surface area (Å²) in [6, 6.07) is 14.9. The molecule has 1 aliphatic rings. The zero-order valence-electron chi connectivity index (χ0n) is 13.1. The van der Waals surface area contributed by atoms with Crippen LogP contribution in [-0.2, 0) is 19.4 Å². The molecule has 0 saturated carbocycles. The Labute approximate surface area is 138 Å². The number of halogens is 1. The summed E-state index contributed by atoms with van der Waals surface area (Å²) in [6.07, 6.45) is 8.18. The molecule has 2 aromatic rings. The van der Waals surface area contributed by atoms with Crippen LogP contribution in [-0.4, -0.2) is 18.5 Å². The van der Waals surface area contributed by atoms with E-state index in [-0.39, 0.29) is 0 Å². The molecule has 0 N–H and O–H groups in total. The number of likely N-dealkylation sites (N-methyl/N-ethyl adjacent to an activating group) is 1. The Balaban J connectivity index is 1.54. The van der Waals surface area contributed by atoms with Crippen molar-refractivity contribution >= 4 is 17.7 Å². The molecule has 0 spiro atoms. The van der Waals surface area contributed by atoms with Gasteiger partial charge in [0, 0.05) is 18.1 Å². The first kappa shape index (κ1) is 15.3. The minimum Gasteiger partial charge on any atom is -0.298 e. The van der Waals surface area contributed by atoms with Gasteiger partial charge < -0.3 is 0 Å². The van der Waals surface area contributed by atoms with Crippen LogP contribution >= 0.6 is 11.6 Å². The van der Waals surface area contributed by atoms with Gasteiger partial charge in [-0.2, -0.15) is 0 Å². The van der Waals surface area contributed by atoms with Crippen molar-refractivity contribution in [2.75, 3.05) is 13.6 Å². The zero-order chi connectivity index (χ0) is 15.4. The molecule has 0 fully saturated rings. The molecule has 0 atom stereocenters. The molecular formula is C20H22ClN. The minimum absolute atomic E-state index is 0.783. The zero-order valence-corrected chi connectivity index (χ0v) is 13.8. The third kappa shape index (κ3) is 4.00. The largest absolute Gasteiger partial charge is 0.298 e. The Morgan fingerprint density at radius 3 is 2.64 bits per heavy atom. The fourth-order valence-electron chi connectivity index (χ4n) is 3.04. The molecule has 0 amide bonds. The summed E-state index contributed by atoms with van der Waals surface area (Å²) >= 11 is 5.89. The average Bonchev–Trinajstić information content (AvgIpc) is 2.97. The molecule has 3 rings (SSSR count). The smallest absolute Gasteiger partial charge is 0.0406 e. The van der Waals surface area contributed by atoms with E-state index in [4.69, 9.17) is 11.6 Å². The van der Waals surface area contributed by atoms with Crippen molar-refractivity contribution in [1.82, 2.24) is 4.90 Å². The van der Waals surface area contributed by atoms with Crippen molar-refractivity contribution in [3.63, 3.8) is 0 Å². The van der Waals surface area contributed by atoms with Crippen LogP contribution in [0, 0.1) is 0 Å². The Hall–Kier alpha value is -1.57. The monoisotopic (exact) mass is 311 g/mol. The molecule has 2 aromatic carbocycles. The van der Waals surface area contributed by atoms with E-state index in [0.29, 0.717) is 0 Å². The van der Waals surface area contributed by atoms with Gasteiger partial charge in [0.25, 0.3) is 0 Å². The Bertz CT molecular complexity index is 658. The molecule has 0 aromatic heterocycles. The number of rotatable bonds is 5. The van der Waals surface area contributed by atoms with E-state index in [9.17, 15) is 0 Å². The fourth-order valence-corrected chi connectivity index (χ4v) is 3.17. The van der Waals surface area contributed by atoms with Crippen LogP contribution in [0.4, 0.5) is 0 Å². The van der Waals surface area contributed by atoms with E-state index in [1.54, 1.807) is 11.1 Å². The Morgan fingerprint density at radius 1 is 1.05 bits per heavy atom. The normalized spacial score (nSPS) is 14.0. The number of nitrogens with zero attached hydrogens (tertiary/aromatic N) is 1. The molecule has 0 radical (unpaired) electrons. The summed E-state index contributed by atoms with van der Waals surface area (Å²) in [5, 5.41) is 0.783. The molecule has 0 bridgehead atoms. The predicted octanol–water partition coefficient (Wildman–Crippen LogP) is 4.97. The van der Waals surface area contributed by atoms with Crippen LogP contribution in [0.25, 0.3) is 6.08 Å². The molecule has 0 saturated heterocycles. The van der Waals surface area contributed by atoms with Crippen LogP contribution < -0.4 is 0 Å². The van der Waals surface area contributed by atoms with Gasteiger partial charge in [-0.1, -0.05) is 54.1 Å².